The van der Waals surface area contributed by atoms with Crippen LogP contribution in [0, 0.1) is 6.92 Å². The molecule has 0 fully saturated rings. The molecule has 2 aromatic rings. The number of methoxy groups -OCH3 is 1. The predicted molar refractivity (Wildman–Crippen MR) is 69.0 cm³/mol. The molecule has 1 heterocycles. The number of imidazole rings is 1. The number of carbonyl (C=O) groups excluding carboxylic acids is 1. The minimum Gasteiger partial charge on any atom is -0.464 e. The lowest BCUT2D eigenvalue weighted by atomic mass is 10.1. The molecule has 0 spiro atoms. The van der Waals surface area contributed by atoms with Crippen molar-refractivity contribution in [1.82, 2.24) is 9.55 Å². The van der Waals surface area contributed by atoms with E-state index < -0.39 is 0 Å². The van der Waals surface area contributed by atoms with Crippen LogP contribution in [-0.4, -0.2) is 22.6 Å². The van der Waals surface area contributed by atoms with Crippen molar-refractivity contribution in [3.05, 3.63) is 47.5 Å². The van der Waals surface area contributed by atoms with Gasteiger partial charge in [0, 0.05) is 0 Å². The van der Waals surface area contributed by atoms with Gasteiger partial charge < -0.3 is 4.74 Å². The Balaban J connectivity index is 2.58. The molecule has 0 aliphatic heterocycles. The third-order valence-electron chi connectivity index (χ3n) is 2.91. The van der Waals surface area contributed by atoms with Crippen LogP contribution in [0.1, 0.15) is 28.5 Å². The Labute approximate surface area is 106 Å². The number of hydrogen-bond donors (Lipinski definition) is 0. The molecule has 0 bridgehead atoms. The number of carbonyl (C=O) groups is 1. The Bertz CT molecular complexity index is 573. The molecule has 2 rings (SSSR count). The van der Waals surface area contributed by atoms with E-state index in [1.54, 1.807) is 10.9 Å². The van der Waals surface area contributed by atoms with Gasteiger partial charge in [0.15, 0.2) is 5.69 Å². The van der Waals surface area contributed by atoms with E-state index >= 15 is 0 Å². The van der Waals surface area contributed by atoms with Gasteiger partial charge in [-0.05, 0) is 30.5 Å². The van der Waals surface area contributed by atoms with Gasteiger partial charge in [0.2, 0.25) is 0 Å². The summed E-state index contributed by atoms with van der Waals surface area (Å²) in [6, 6.07) is 6.19. The fraction of sp³-hybridized carbons (Fsp3) is 0.286. The topological polar surface area (TPSA) is 44.1 Å². The average molecular weight is 244 g/mol. The van der Waals surface area contributed by atoms with Crippen molar-refractivity contribution < 1.29 is 9.53 Å². The summed E-state index contributed by atoms with van der Waals surface area (Å²) in [7, 11) is 1.37. The fourth-order valence-electron chi connectivity index (χ4n) is 1.94. The summed E-state index contributed by atoms with van der Waals surface area (Å²) in [6.45, 7) is 4.11. The molecule has 0 saturated carbocycles. The number of rotatable bonds is 3. The Morgan fingerprint density at radius 3 is 2.89 bits per heavy atom. The third-order valence-corrected chi connectivity index (χ3v) is 2.91. The molecule has 4 nitrogen and oxygen atoms in total. The van der Waals surface area contributed by atoms with Gasteiger partial charge in [0.1, 0.15) is 0 Å². The van der Waals surface area contributed by atoms with E-state index in [0.29, 0.717) is 5.69 Å². The first-order valence-corrected chi connectivity index (χ1v) is 5.88. The molecule has 0 saturated heterocycles. The summed E-state index contributed by atoms with van der Waals surface area (Å²) >= 11 is 0. The van der Waals surface area contributed by atoms with Crippen molar-refractivity contribution in [2.45, 2.75) is 20.3 Å². The first kappa shape index (κ1) is 12.4. The van der Waals surface area contributed by atoms with Crippen LogP contribution in [-0.2, 0) is 11.2 Å². The molecule has 0 radical (unpaired) electrons. The highest BCUT2D eigenvalue weighted by Crippen LogP contribution is 2.19. The van der Waals surface area contributed by atoms with Crippen LogP contribution in [0.25, 0.3) is 5.69 Å². The first-order chi connectivity index (χ1) is 8.67. The Hall–Kier alpha value is -2.10. The quantitative estimate of drug-likeness (QED) is 0.779. The Morgan fingerprint density at radius 2 is 2.22 bits per heavy atom. The van der Waals surface area contributed by atoms with E-state index in [4.69, 9.17) is 4.74 Å². The SMILES string of the molecule is CCc1ccc(C)cc1-n1cncc1C(=O)OC. The third kappa shape index (κ3) is 2.14. The van der Waals surface area contributed by atoms with E-state index in [1.807, 2.05) is 13.0 Å². The van der Waals surface area contributed by atoms with Gasteiger partial charge in [-0.2, -0.15) is 0 Å². The van der Waals surface area contributed by atoms with E-state index in [1.165, 1.54) is 18.9 Å². The number of nitrogens with zero attached hydrogens (tertiary/aromatic N) is 2. The minimum atomic E-state index is -0.379. The molecular formula is C14H16N2O2. The maximum absolute atomic E-state index is 11.7. The van der Waals surface area contributed by atoms with Gasteiger partial charge in [-0.3, -0.25) is 4.57 Å². The summed E-state index contributed by atoms with van der Waals surface area (Å²) in [5.41, 5.74) is 3.74. The molecular weight excluding hydrogens is 228 g/mol. The normalized spacial score (nSPS) is 10.4. The molecule has 1 aromatic heterocycles. The van der Waals surface area contributed by atoms with Crippen molar-refractivity contribution in [3.8, 4) is 5.69 Å². The van der Waals surface area contributed by atoms with E-state index in [-0.39, 0.29) is 5.97 Å². The van der Waals surface area contributed by atoms with E-state index in [0.717, 1.165) is 17.7 Å². The lowest BCUT2D eigenvalue weighted by molar-refractivity contribution is 0.0591. The monoisotopic (exact) mass is 244 g/mol. The van der Waals surface area contributed by atoms with Gasteiger partial charge in [-0.25, -0.2) is 9.78 Å². The van der Waals surface area contributed by atoms with Gasteiger partial charge in [0.25, 0.3) is 0 Å². The maximum atomic E-state index is 11.7. The standard InChI is InChI=1S/C14H16N2O2/c1-4-11-6-5-10(2)7-12(11)16-9-15-8-13(16)14(17)18-3/h5-9H,4H2,1-3H3. The molecule has 1 aromatic carbocycles. The lowest BCUT2D eigenvalue weighted by Gasteiger charge is -2.12. The molecule has 18 heavy (non-hydrogen) atoms. The molecule has 94 valence electrons. The van der Waals surface area contributed by atoms with Gasteiger partial charge >= 0.3 is 5.97 Å². The second-order valence-corrected chi connectivity index (χ2v) is 4.13. The van der Waals surface area contributed by atoms with Crippen LogP contribution in [0.3, 0.4) is 0 Å². The zero-order valence-electron chi connectivity index (χ0n) is 10.8. The highest BCUT2D eigenvalue weighted by Gasteiger charge is 2.15. The largest absolute Gasteiger partial charge is 0.464 e. The van der Waals surface area contributed by atoms with Gasteiger partial charge in [-0.1, -0.05) is 19.1 Å². The lowest BCUT2D eigenvalue weighted by Crippen LogP contribution is -2.10. The van der Waals surface area contributed by atoms with Crippen molar-refractivity contribution in [2.75, 3.05) is 7.11 Å². The van der Waals surface area contributed by atoms with Crippen LogP contribution in [0.2, 0.25) is 0 Å². The highest BCUT2D eigenvalue weighted by atomic mass is 16.5. The zero-order chi connectivity index (χ0) is 13.1. The Morgan fingerprint density at radius 1 is 1.44 bits per heavy atom. The van der Waals surface area contributed by atoms with Crippen LogP contribution < -0.4 is 0 Å². The first-order valence-electron chi connectivity index (χ1n) is 5.88. The summed E-state index contributed by atoms with van der Waals surface area (Å²) in [6.07, 6.45) is 4.06. The summed E-state index contributed by atoms with van der Waals surface area (Å²) < 4.78 is 6.54. The molecule has 4 heteroatoms. The molecule has 0 N–H and O–H groups in total. The summed E-state index contributed by atoms with van der Waals surface area (Å²) in [5, 5.41) is 0. The van der Waals surface area contributed by atoms with Crippen molar-refractivity contribution in [1.29, 1.82) is 0 Å². The fourth-order valence-corrected chi connectivity index (χ4v) is 1.94. The smallest absolute Gasteiger partial charge is 0.356 e. The zero-order valence-corrected chi connectivity index (χ0v) is 10.8. The number of benzene rings is 1. The van der Waals surface area contributed by atoms with Gasteiger partial charge in [0.05, 0.1) is 25.3 Å². The molecule has 0 aliphatic carbocycles. The Kier molecular flexibility index (Phi) is 3.46. The summed E-state index contributed by atoms with van der Waals surface area (Å²) in [5.74, 6) is -0.379. The van der Waals surface area contributed by atoms with Gasteiger partial charge in [-0.15, -0.1) is 0 Å². The predicted octanol–water partition coefficient (Wildman–Crippen LogP) is 2.53. The number of hydrogen-bond acceptors (Lipinski definition) is 3. The molecule has 0 unspecified atom stereocenters. The number of aromatic nitrogens is 2. The molecule has 0 amide bonds. The van der Waals surface area contributed by atoms with Crippen LogP contribution in [0.4, 0.5) is 0 Å². The van der Waals surface area contributed by atoms with Crippen molar-refractivity contribution in [3.63, 3.8) is 0 Å². The molecule has 0 atom stereocenters. The minimum absolute atomic E-state index is 0.379. The van der Waals surface area contributed by atoms with E-state index in [2.05, 4.69) is 24.0 Å². The van der Waals surface area contributed by atoms with Crippen LogP contribution in [0.15, 0.2) is 30.7 Å². The maximum Gasteiger partial charge on any atom is 0.356 e. The molecule has 0 aliphatic rings. The highest BCUT2D eigenvalue weighted by molar-refractivity contribution is 5.88. The van der Waals surface area contributed by atoms with Crippen LogP contribution in [0.5, 0.6) is 0 Å². The van der Waals surface area contributed by atoms with Crippen LogP contribution >= 0.6 is 0 Å². The second kappa shape index (κ2) is 5.04. The number of aryl methyl sites for hydroxylation is 2. The number of esters is 1. The van der Waals surface area contributed by atoms with E-state index in [9.17, 15) is 4.79 Å². The van der Waals surface area contributed by atoms with Crippen molar-refractivity contribution >= 4 is 5.97 Å². The number of ether oxygens (including phenoxy) is 1. The summed E-state index contributed by atoms with van der Waals surface area (Å²) in [4.78, 5) is 15.7. The van der Waals surface area contributed by atoms with Crippen molar-refractivity contribution in [2.24, 2.45) is 0 Å². The second-order valence-electron chi connectivity index (χ2n) is 4.13. The average Bonchev–Trinajstić information content (AvgIpc) is 2.86.